The van der Waals surface area contributed by atoms with Crippen molar-refractivity contribution in [2.24, 2.45) is 11.5 Å². The molecule has 0 radical (unpaired) electrons. The zero-order valence-corrected chi connectivity index (χ0v) is 10.9. The van der Waals surface area contributed by atoms with Crippen molar-refractivity contribution in [2.75, 3.05) is 12.9 Å². The van der Waals surface area contributed by atoms with Gasteiger partial charge in [-0.05, 0) is 24.6 Å². The van der Waals surface area contributed by atoms with Crippen LogP contribution in [0.1, 0.15) is 17.7 Å². The van der Waals surface area contributed by atoms with E-state index in [1.54, 1.807) is 7.11 Å². The van der Waals surface area contributed by atoms with Gasteiger partial charge in [0, 0.05) is 11.3 Å². The van der Waals surface area contributed by atoms with Gasteiger partial charge in [-0.15, -0.1) is 11.8 Å². The van der Waals surface area contributed by atoms with Gasteiger partial charge in [0.2, 0.25) is 5.91 Å². The third kappa shape index (κ3) is 4.28. The van der Waals surface area contributed by atoms with E-state index >= 15 is 0 Å². The highest BCUT2D eigenvalue weighted by Gasteiger charge is 2.18. The van der Waals surface area contributed by atoms with Crippen molar-refractivity contribution >= 4 is 17.7 Å². The van der Waals surface area contributed by atoms with Crippen LogP contribution in [0.4, 0.5) is 0 Å². The van der Waals surface area contributed by atoms with Crippen molar-refractivity contribution in [3.63, 3.8) is 0 Å². The van der Waals surface area contributed by atoms with Crippen LogP contribution in [0.15, 0.2) is 24.3 Å². The largest absolute Gasteiger partial charge is 0.497 e. The smallest absolute Gasteiger partial charge is 0.227 e. The predicted octanol–water partition coefficient (Wildman–Crippen LogP) is 1.30. The normalized spacial score (nSPS) is 14.1. The lowest BCUT2D eigenvalue weighted by atomic mass is 10.1. The lowest BCUT2D eigenvalue weighted by molar-refractivity contribution is -0.115. The molecule has 0 heterocycles. The van der Waals surface area contributed by atoms with Crippen LogP contribution in [-0.4, -0.2) is 24.8 Å². The molecular weight excluding hydrogens is 236 g/mol. The van der Waals surface area contributed by atoms with Gasteiger partial charge in [0.1, 0.15) is 5.75 Å². The first-order valence-corrected chi connectivity index (χ1v) is 6.39. The molecule has 0 saturated heterocycles. The van der Waals surface area contributed by atoms with Crippen molar-refractivity contribution in [3.8, 4) is 5.75 Å². The third-order valence-corrected chi connectivity index (χ3v) is 3.82. The van der Waals surface area contributed by atoms with Crippen LogP contribution in [-0.2, 0) is 4.79 Å². The van der Waals surface area contributed by atoms with E-state index in [0.717, 1.165) is 11.3 Å². The second-order valence-corrected chi connectivity index (χ2v) is 4.96. The molecule has 0 bridgehead atoms. The molecule has 2 atom stereocenters. The molecule has 4 N–H and O–H groups in total. The molecule has 1 aromatic carbocycles. The molecule has 0 fully saturated rings. The highest BCUT2D eigenvalue weighted by atomic mass is 32.2. The van der Waals surface area contributed by atoms with Crippen LogP contribution in [0.5, 0.6) is 5.75 Å². The van der Waals surface area contributed by atoms with E-state index in [2.05, 4.69) is 0 Å². The average Bonchev–Trinajstić information content (AvgIpc) is 2.28. The first kappa shape index (κ1) is 13.9. The molecule has 4 nitrogen and oxygen atoms in total. The number of thioether (sulfide) groups is 1. The Bertz CT molecular complexity index is 383. The molecule has 0 spiro atoms. The van der Waals surface area contributed by atoms with E-state index in [9.17, 15) is 4.79 Å². The molecule has 5 heteroatoms. The number of methoxy groups -OCH3 is 1. The van der Waals surface area contributed by atoms with Crippen LogP contribution in [0.25, 0.3) is 0 Å². The Hall–Kier alpha value is -1.20. The molecule has 1 rings (SSSR count). The number of hydrogen-bond acceptors (Lipinski definition) is 4. The third-order valence-electron chi connectivity index (χ3n) is 2.31. The standard InChI is InChI=1S/C12H18N2O2S/c1-8(13)12(17-7-11(14)15)9-4-3-5-10(6-9)16-2/h3-6,8,12H,7,13H2,1-2H3,(H2,14,15). The molecule has 1 aromatic rings. The minimum atomic E-state index is -0.330. The monoisotopic (exact) mass is 254 g/mol. The fraction of sp³-hybridized carbons (Fsp3) is 0.417. The maximum absolute atomic E-state index is 10.8. The predicted molar refractivity (Wildman–Crippen MR) is 71.0 cm³/mol. The van der Waals surface area contributed by atoms with Crippen LogP contribution < -0.4 is 16.2 Å². The number of carbonyl (C=O) groups is 1. The van der Waals surface area contributed by atoms with Gasteiger partial charge in [-0.25, -0.2) is 0 Å². The molecule has 94 valence electrons. The summed E-state index contributed by atoms with van der Waals surface area (Å²) in [4.78, 5) is 10.8. The van der Waals surface area contributed by atoms with Gasteiger partial charge < -0.3 is 16.2 Å². The van der Waals surface area contributed by atoms with E-state index in [1.165, 1.54) is 11.8 Å². The fourth-order valence-corrected chi connectivity index (χ4v) is 2.53. The van der Waals surface area contributed by atoms with Crippen molar-refractivity contribution in [1.82, 2.24) is 0 Å². The molecule has 0 aromatic heterocycles. The van der Waals surface area contributed by atoms with Gasteiger partial charge in [-0.1, -0.05) is 12.1 Å². The topological polar surface area (TPSA) is 78.3 Å². The zero-order chi connectivity index (χ0) is 12.8. The number of ether oxygens (including phenoxy) is 1. The van der Waals surface area contributed by atoms with E-state index in [4.69, 9.17) is 16.2 Å². The van der Waals surface area contributed by atoms with Gasteiger partial charge in [0.15, 0.2) is 0 Å². The number of nitrogens with two attached hydrogens (primary N) is 2. The molecule has 17 heavy (non-hydrogen) atoms. The second kappa shape index (κ2) is 6.51. The highest BCUT2D eigenvalue weighted by molar-refractivity contribution is 8.00. The van der Waals surface area contributed by atoms with E-state index in [1.807, 2.05) is 31.2 Å². The number of carbonyl (C=O) groups excluding carboxylic acids is 1. The highest BCUT2D eigenvalue weighted by Crippen LogP contribution is 2.32. The number of rotatable bonds is 6. The maximum Gasteiger partial charge on any atom is 0.227 e. The van der Waals surface area contributed by atoms with Gasteiger partial charge in [-0.3, -0.25) is 4.79 Å². The SMILES string of the molecule is COc1cccc(C(SCC(N)=O)C(C)N)c1. The Kier molecular flexibility index (Phi) is 5.31. The summed E-state index contributed by atoms with van der Waals surface area (Å²) in [5.41, 5.74) is 12.1. The number of benzene rings is 1. The summed E-state index contributed by atoms with van der Waals surface area (Å²) in [6, 6.07) is 7.63. The van der Waals surface area contributed by atoms with Gasteiger partial charge in [0.25, 0.3) is 0 Å². The molecule has 0 saturated carbocycles. The fourth-order valence-electron chi connectivity index (χ4n) is 1.54. The maximum atomic E-state index is 10.8. The molecule has 0 aliphatic rings. The van der Waals surface area contributed by atoms with Crippen LogP contribution >= 0.6 is 11.8 Å². The number of amides is 1. The Balaban J connectivity index is 2.84. The Labute approximate surface area is 106 Å². The Morgan fingerprint density at radius 1 is 1.53 bits per heavy atom. The molecule has 1 amide bonds. The summed E-state index contributed by atoms with van der Waals surface area (Å²) in [7, 11) is 1.62. The molecular formula is C12H18N2O2S. The van der Waals surface area contributed by atoms with E-state index in [-0.39, 0.29) is 23.0 Å². The molecule has 0 aliphatic heterocycles. The average molecular weight is 254 g/mol. The summed E-state index contributed by atoms with van der Waals surface area (Å²) in [6.07, 6.45) is 0. The van der Waals surface area contributed by atoms with Crippen molar-refractivity contribution in [1.29, 1.82) is 0 Å². The lowest BCUT2D eigenvalue weighted by Crippen LogP contribution is -2.24. The van der Waals surface area contributed by atoms with Crippen LogP contribution in [0.3, 0.4) is 0 Å². The van der Waals surface area contributed by atoms with Crippen LogP contribution in [0.2, 0.25) is 0 Å². The van der Waals surface area contributed by atoms with Crippen LogP contribution in [0, 0.1) is 0 Å². The van der Waals surface area contributed by atoms with Crippen molar-refractivity contribution in [3.05, 3.63) is 29.8 Å². The second-order valence-electron chi connectivity index (χ2n) is 3.83. The minimum Gasteiger partial charge on any atom is -0.497 e. The number of primary amides is 1. The van der Waals surface area contributed by atoms with Crippen molar-refractivity contribution < 1.29 is 9.53 Å². The quantitative estimate of drug-likeness (QED) is 0.802. The summed E-state index contributed by atoms with van der Waals surface area (Å²) in [6.45, 7) is 1.91. The molecule has 2 unspecified atom stereocenters. The van der Waals surface area contributed by atoms with E-state index < -0.39 is 0 Å². The minimum absolute atomic E-state index is 0.0394. The zero-order valence-electron chi connectivity index (χ0n) is 10.1. The first-order chi connectivity index (χ1) is 8.04. The van der Waals surface area contributed by atoms with Gasteiger partial charge in [0.05, 0.1) is 12.9 Å². The summed E-state index contributed by atoms with van der Waals surface area (Å²) >= 11 is 1.45. The summed E-state index contributed by atoms with van der Waals surface area (Å²) in [5.74, 6) is 0.722. The van der Waals surface area contributed by atoms with Gasteiger partial charge in [-0.2, -0.15) is 0 Å². The lowest BCUT2D eigenvalue weighted by Gasteiger charge is -2.20. The molecule has 0 aliphatic carbocycles. The first-order valence-electron chi connectivity index (χ1n) is 5.34. The Morgan fingerprint density at radius 3 is 2.76 bits per heavy atom. The van der Waals surface area contributed by atoms with E-state index in [0.29, 0.717) is 0 Å². The summed E-state index contributed by atoms with van der Waals surface area (Å²) in [5, 5.41) is 0.0394. The summed E-state index contributed by atoms with van der Waals surface area (Å²) < 4.78 is 5.17. The van der Waals surface area contributed by atoms with Crippen molar-refractivity contribution in [2.45, 2.75) is 18.2 Å². The van der Waals surface area contributed by atoms with Gasteiger partial charge >= 0.3 is 0 Å². The Morgan fingerprint density at radius 2 is 2.24 bits per heavy atom. The number of hydrogen-bond donors (Lipinski definition) is 2.